The number of carbonyl (C=O) groups is 2. The minimum atomic E-state index is -0.763. The number of unbranched alkanes of at least 4 members (excludes halogenated alkanes) is 9. The van der Waals surface area contributed by atoms with Crippen LogP contribution in [0, 0.1) is 0 Å². The van der Waals surface area contributed by atoms with E-state index in [9.17, 15) is 9.59 Å². The Kier molecular flexibility index (Phi) is 13.2. The molecule has 1 aromatic rings. The van der Waals surface area contributed by atoms with Gasteiger partial charge < -0.3 is 28.4 Å². The van der Waals surface area contributed by atoms with Crippen molar-refractivity contribution in [1.82, 2.24) is 0 Å². The van der Waals surface area contributed by atoms with Crippen molar-refractivity contribution < 1.29 is 38.0 Å². The van der Waals surface area contributed by atoms with Gasteiger partial charge in [-0.1, -0.05) is 76.8 Å². The number of rotatable bonds is 17. The summed E-state index contributed by atoms with van der Waals surface area (Å²) in [5, 5.41) is 2.72. The van der Waals surface area contributed by atoms with Crippen molar-refractivity contribution in [1.29, 1.82) is 0 Å². The van der Waals surface area contributed by atoms with Crippen molar-refractivity contribution in [2.24, 2.45) is 0 Å². The first-order chi connectivity index (χ1) is 19.2. The second-order valence-electron chi connectivity index (χ2n) is 11.3. The van der Waals surface area contributed by atoms with Crippen LogP contribution < -0.4 is 5.32 Å². The average Bonchev–Trinajstić information content (AvgIpc) is 3.40. The van der Waals surface area contributed by atoms with E-state index in [1.807, 2.05) is 13.8 Å². The SMILES string of the molecule is CCCCCCCCCCCCO[C@@H]1[C@H]2OC(C)(C)O[C@H]2O[C@@H]1[C@@H](C)OC(=O)Nc1ccc(CC(=O)OC)cc1. The zero-order valence-corrected chi connectivity index (χ0v) is 24.9. The molecule has 1 aromatic carbocycles. The predicted molar refractivity (Wildman–Crippen MR) is 152 cm³/mol. The van der Waals surface area contributed by atoms with Gasteiger partial charge in [0.15, 0.2) is 12.1 Å². The number of nitrogens with one attached hydrogen (secondary N) is 1. The lowest BCUT2D eigenvalue weighted by Crippen LogP contribution is -2.43. The molecule has 2 fully saturated rings. The Morgan fingerprint density at radius 1 is 0.950 bits per heavy atom. The zero-order valence-electron chi connectivity index (χ0n) is 24.9. The molecule has 9 heteroatoms. The number of benzene rings is 1. The maximum atomic E-state index is 12.6. The summed E-state index contributed by atoms with van der Waals surface area (Å²) in [6.45, 7) is 8.33. The lowest BCUT2D eigenvalue weighted by molar-refractivity contribution is -0.228. The van der Waals surface area contributed by atoms with Crippen molar-refractivity contribution in [3.8, 4) is 0 Å². The third-order valence-corrected chi connectivity index (χ3v) is 7.37. The van der Waals surface area contributed by atoms with Gasteiger partial charge in [-0.15, -0.1) is 0 Å². The van der Waals surface area contributed by atoms with Gasteiger partial charge in [-0.25, -0.2) is 4.79 Å². The maximum absolute atomic E-state index is 12.6. The monoisotopic (exact) mass is 563 g/mol. The molecule has 0 radical (unpaired) electrons. The molecule has 1 amide bonds. The quantitative estimate of drug-likeness (QED) is 0.169. The van der Waals surface area contributed by atoms with Gasteiger partial charge in [-0.2, -0.15) is 0 Å². The molecule has 3 rings (SSSR count). The van der Waals surface area contributed by atoms with Crippen LogP contribution in [0.4, 0.5) is 10.5 Å². The largest absolute Gasteiger partial charge is 0.469 e. The highest BCUT2D eigenvalue weighted by Crippen LogP contribution is 2.40. The van der Waals surface area contributed by atoms with Gasteiger partial charge in [0.25, 0.3) is 0 Å². The van der Waals surface area contributed by atoms with Gasteiger partial charge in [0, 0.05) is 12.3 Å². The molecule has 0 saturated carbocycles. The Morgan fingerprint density at radius 3 is 2.20 bits per heavy atom. The van der Waals surface area contributed by atoms with E-state index >= 15 is 0 Å². The maximum Gasteiger partial charge on any atom is 0.411 e. The van der Waals surface area contributed by atoms with E-state index in [0.29, 0.717) is 12.3 Å². The molecule has 1 N–H and O–H groups in total. The van der Waals surface area contributed by atoms with E-state index in [-0.39, 0.29) is 18.5 Å². The second kappa shape index (κ2) is 16.3. The number of esters is 1. The van der Waals surface area contributed by atoms with Gasteiger partial charge in [0.05, 0.1) is 13.5 Å². The Morgan fingerprint density at radius 2 is 1.57 bits per heavy atom. The Bertz CT molecular complexity index is 905. The number of carbonyl (C=O) groups excluding carboxylic acids is 2. The molecular formula is C31H49NO8. The van der Waals surface area contributed by atoms with E-state index in [0.717, 1.165) is 18.4 Å². The lowest BCUT2D eigenvalue weighted by Gasteiger charge is -2.29. The van der Waals surface area contributed by atoms with Crippen LogP contribution in [-0.4, -0.2) is 62.3 Å². The van der Waals surface area contributed by atoms with E-state index in [1.165, 1.54) is 58.5 Å². The number of ether oxygens (including phenoxy) is 6. The molecule has 0 spiro atoms. The first-order valence-electron chi connectivity index (χ1n) is 15.0. The standard InChI is InChI=1S/C31H49NO8/c1-6-7-8-9-10-11-12-13-14-15-20-36-27-26(38-29-28(27)39-31(3,4)40-29)22(2)37-30(34)32-24-18-16-23(17-19-24)21-25(33)35-5/h16-19,22,26-29H,6-15,20-21H2,1-5H3,(H,32,34)/t22-,26-,27+,28-,29-/m1/s1. The summed E-state index contributed by atoms with van der Waals surface area (Å²) in [6.07, 6.45) is 9.60. The lowest BCUT2D eigenvalue weighted by atomic mass is 10.1. The fraction of sp³-hybridized carbons (Fsp3) is 0.742. The topological polar surface area (TPSA) is 102 Å². The molecular weight excluding hydrogens is 514 g/mol. The molecule has 5 atom stereocenters. The predicted octanol–water partition coefficient (Wildman–Crippen LogP) is 6.52. The summed E-state index contributed by atoms with van der Waals surface area (Å²) in [5.41, 5.74) is 1.34. The van der Waals surface area contributed by atoms with Crippen LogP contribution in [0.5, 0.6) is 0 Å². The highest BCUT2D eigenvalue weighted by Gasteiger charge is 2.57. The van der Waals surface area contributed by atoms with Gasteiger partial charge in [-0.3, -0.25) is 10.1 Å². The number of methoxy groups -OCH3 is 1. The van der Waals surface area contributed by atoms with Crippen LogP contribution >= 0.6 is 0 Å². The molecule has 0 aromatic heterocycles. The third kappa shape index (κ3) is 10.3. The van der Waals surface area contributed by atoms with E-state index in [1.54, 1.807) is 31.2 Å². The van der Waals surface area contributed by atoms with Crippen molar-refractivity contribution in [3.05, 3.63) is 29.8 Å². The molecule has 2 aliphatic rings. The number of hydrogen-bond donors (Lipinski definition) is 1. The summed E-state index contributed by atoms with van der Waals surface area (Å²) in [5.74, 6) is -1.09. The van der Waals surface area contributed by atoms with Crippen LogP contribution in [-0.2, 0) is 39.6 Å². The smallest absolute Gasteiger partial charge is 0.411 e. The highest BCUT2D eigenvalue weighted by atomic mass is 16.8. The minimum Gasteiger partial charge on any atom is -0.469 e. The van der Waals surface area contributed by atoms with Crippen molar-refractivity contribution in [2.75, 3.05) is 19.0 Å². The Hall–Kier alpha value is -2.20. The first kappa shape index (κ1) is 32.3. The van der Waals surface area contributed by atoms with E-state index < -0.39 is 36.5 Å². The Labute approximate surface area is 239 Å². The highest BCUT2D eigenvalue weighted by molar-refractivity contribution is 5.84. The molecule has 0 bridgehead atoms. The van der Waals surface area contributed by atoms with E-state index in [4.69, 9.17) is 23.7 Å². The minimum absolute atomic E-state index is 0.168. The fourth-order valence-electron chi connectivity index (χ4n) is 5.21. The molecule has 9 nitrogen and oxygen atoms in total. The molecule has 2 aliphatic heterocycles. The van der Waals surface area contributed by atoms with Gasteiger partial charge in [-0.05, 0) is 44.9 Å². The van der Waals surface area contributed by atoms with Crippen LogP contribution in [0.2, 0.25) is 0 Å². The zero-order chi connectivity index (χ0) is 29.0. The fourth-order valence-corrected chi connectivity index (χ4v) is 5.21. The van der Waals surface area contributed by atoms with Crippen LogP contribution in [0.1, 0.15) is 97.5 Å². The molecule has 2 saturated heterocycles. The van der Waals surface area contributed by atoms with Crippen LogP contribution in [0.15, 0.2) is 24.3 Å². The summed E-state index contributed by atoms with van der Waals surface area (Å²) < 4.78 is 34.8. The van der Waals surface area contributed by atoms with Crippen molar-refractivity contribution >= 4 is 17.7 Å². The molecule has 0 unspecified atom stereocenters. The molecule has 40 heavy (non-hydrogen) atoms. The third-order valence-electron chi connectivity index (χ3n) is 7.37. The summed E-state index contributed by atoms with van der Waals surface area (Å²) in [6, 6.07) is 6.93. The number of hydrogen-bond acceptors (Lipinski definition) is 8. The van der Waals surface area contributed by atoms with Gasteiger partial charge >= 0.3 is 12.1 Å². The number of anilines is 1. The summed E-state index contributed by atoms with van der Waals surface area (Å²) >= 11 is 0. The molecule has 0 aliphatic carbocycles. The second-order valence-corrected chi connectivity index (χ2v) is 11.3. The number of amides is 1. The average molecular weight is 564 g/mol. The number of fused-ring (bicyclic) bond motifs is 1. The van der Waals surface area contributed by atoms with Gasteiger partial charge in [0.1, 0.15) is 24.4 Å². The van der Waals surface area contributed by atoms with Crippen molar-refractivity contribution in [2.45, 2.75) is 135 Å². The summed E-state index contributed by atoms with van der Waals surface area (Å²) in [7, 11) is 1.35. The summed E-state index contributed by atoms with van der Waals surface area (Å²) in [4.78, 5) is 24.1. The molecule has 2 heterocycles. The molecule has 226 valence electrons. The Balaban J connectivity index is 1.44. The van der Waals surface area contributed by atoms with E-state index in [2.05, 4.69) is 17.0 Å². The first-order valence-corrected chi connectivity index (χ1v) is 15.0. The normalized spacial score (nSPS) is 23.9. The van der Waals surface area contributed by atoms with Crippen molar-refractivity contribution in [3.63, 3.8) is 0 Å². The van der Waals surface area contributed by atoms with Crippen LogP contribution in [0.3, 0.4) is 0 Å². The van der Waals surface area contributed by atoms with Crippen LogP contribution in [0.25, 0.3) is 0 Å². The van der Waals surface area contributed by atoms with Gasteiger partial charge in [0.2, 0.25) is 0 Å².